The van der Waals surface area contributed by atoms with Crippen molar-refractivity contribution >= 4 is 0 Å². The van der Waals surface area contributed by atoms with Gasteiger partial charge in [0.2, 0.25) is 0 Å². The molecule has 13 heavy (non-hydrogen) atoms. The van der Waals surface area contributed by atoms with Crippen LogP contribution in [-0.2, 0) is 0 Å². The van der Waals surface area contributed by atoms with E-state index in [0.717, 1.165) is 11.8 Å². The molecule has 0 aromatic rings. The molecule has 2 aliphatic carbocycles. The van der Waals surface area contributed by atoms with E-state index in [9.17, 15) is 0 Å². The average molecular weight is 180 g/mol. The molecule has 0 heterocycles. The lowest BCUT2D eigenvalue weighted by atomic mass is 9.58. The molecule has 0 heteroatoms. The molecule has 2 rings (SSSR count). The van der Waals surface area contributed by atoms with Crippen molar-refractivity contribution in [2.75, 3.05) is 0 Å². The maximum absolute atomic E-state index is 2.53. The van der Waals surface area contributed by atoms with E-state index in [1.165, 1.54) is 51.4 Å². The number of hydrogen-bond acceptors (Lipinski definition) is 0. The van der Waals surface area contributed by atoms with Crippen LogP contribution in [0.15, 0.2) is 0 Å². The first-order chi connectivity index (χ1) is 6.21. The molecule has 0 N–H and O–H groups in total. The lowest BCUT2D eigenvalue weighted by Crippen LogP contribution is -2.37. The van der Waals surface area contributed by atoms with Crippen molar-refractivity contribution in [1.82, 2.24) is 0 Å². The zero-order chi connectivity index (χ0) is 9.31. The van der Waals surface area contributed by atoms with E-state index < -0.39 is 0 Å². The molecule has 0 radical (unpaired) electrons. The van der Waals surface area contributed by atoms with Crippen molar-refractivity contribution in [1.29, 1.82) is 0 Å². The summed E-state index contributed by atoms with van der Waals surface area (Å²) in [6.45, 7) is 5.07. The van der Waals surface area contributed by atoms with Crippen molar-refractivity contribution in [3.63, 3.8) is 0 Å². The zero-order valence-electron chi connectivity index (χ0n) is 9.31. The molecule has 0 aliphatic heterocycles. The van der Waals surface area contributed by atoms with Gasteiger partial charge in [-0.3, -0.25) is 0 Å². The Bertz CT molecular complexity index is 159. The quantitative estimate of drug-likeness (QED) is 0.591. The molecule has 0 aromatic heterocycles. The van der Waals surface area contributed by atoms with E-state index in [-0.39, 0.29) is 0 Å². The summed E-state index contributed by atoms with van der Waals surface area (Å²) < 4.78 is 0. The lowest BCUT2D eigenvalue weighted by Gasteiger charge is -2.47. The maximum atomic E-state index is 2.53. The van der Waals surface area contributed by atoms with Crippen LogP contribution in [0.5, 0.6) is 0 Å². The second kappa shape index (κ2) is 3.63. The lowest BCUT2D eigenvalue weighted by molar-refractivity contribution is 0.0348. The van der Waals surface area contributed by atoms with Gasteiger partial charge in [-0.15, -0.1) is 0 Å². The first-order valence-corrected chi connectivity index (χ1v) is 6.21. The van der Waals surface area contributed by atoms with E-state index in [2.05, 4.69) is 13.8 Å². The molecule has 0 saturated heterocycles. The predicted octanol–water partition coefficient (Wildman–Crippen LogP) is 4.39. The maximum Gasteiger partial charge on any atom is -0.0298 e. The standard InChI is InChI=1S/C13H24/c1-13(2,12-9-6-10-12)11-7-4-3-5-8-11/h11-12H,3-10H2,1-2H3. The van der Waals surface area contributed by atoms with Gasteiger partial charge in [-0.1, -0.05) is 39.5 Å². The summed E-state index contributed by atoms with van der Waals surface area (Å²) in [5, 5.41) is 0. The van der Waals surface area contributed by atoms with Gasteiger partial charge in [0.1, 0.15) is 0 Å². The summed E-state index contributed by atoms with van der Waals surface area (Å²) >= 11 is 0. The molecule has 0 amide bonds. The van der Waals surface area contributed by atoms with Crippen LogP contribution in [0.25, 0.3) is 0 Å². The second-order valence-electron chi connectivity index (χ2n) is 5.78. The second-order valence-corrected chi connectivity index (χ2v) is 5.78. The van der Waals surface area contributed by atoms with Gasteiger partial charge < -0.3 is 0 Å². The summed E-state index contributed by atoms with van der Waals surface area (Å²) in [5.41, 5.74) is 0.665. The van der Waals surface area contributed by atoms with Crippen LogP contribution in [0.4, 0.5) is 0 Å². The molecule has 76 valence electrons. The Hall–Kier alpha value is 0. The molecular weight excluding hydrogens is 156 g/mol. The van der Waals surface area contributed by atoms with Crippen LogP contribution in [0, 0.1) is 17.3 Å². The van der Waals surface area contributed by atoms with Gasteiger partial charge in [0.05, 0.1) is 0 Å². The first-order valence-electron chi connectivity index (χ1n) is 6.21. The topological polar surface area (TPSA) is 0 Å². The van der Waals surface area contributed by atoms with Gasteiger partial charge in [0, 0.05) is 0 Å². The van der Waals surface area contributed by atoms with E-state index in [1.54, 1.807) is 0 Å². The summed E-state index contributed by atoms with van der Waals surface area (Å²) in [5.74, 6) is 2.11. The smallest absolute Gasteiger partial charge is 0.0298 e. The summed E-state index contributed by atoms with van der Waals surface area (Å²) in [6.07, 6.45) is 12.1. The highest BCUT2D eigenvalue weighted by Crippen LogP contribution is 2.50. The molecule has 0 bridgehead atoms. The van der Waals surface area contributed by atoms with Gasteiger partial charge in [-0.2, -0.15) is 0 Å². The minimum Gasteiger partial charge on any atom is -0.0594 e. The Labute approximate surface area is 83.1 Å². The Morgan fingerprint density at radius 1 is 0.692 bits per heavy atom. The predicted molar refractivity (Wildman–Crippen MR) is 57.7 cm³/mol. The molecule has 0 unspecified atom stereocenters. The fraction of sp³-hybridized carbons (Fsp3) is 1.00. The van der Waals surface area contributed by atoms with Gasteiger partial charge in [0.15, 0.2) is 0 Å². The highest BCUT2D eigenvalue weighted by atomic mass is 14.4. The highest BCUT2D eigenvalue weighted by molar-refractivity contribution is 4.90. The molecule has 2 saturated carbocycles. The Morgan fingerprint density at radius 3 is 1.54 bits per heavy atom. The summed E-state index contributed by atoms with van der Waals surface area (Å²) in [7, 11) is 0. The van der Waals surface area contributed by atoms with E-state index in [0.29, 0.717) is 5.41 Å². The van der Waals surface area contributed by atoms with Crippen molar-refractivity contribution in [2.45, 2.75) is 65.2 Å². The zero-order valence-corrected chi connectivity index (χ0v) is 9.31. The van der Waals surface area contributed by atoms with Crippen molar-refractivity contribution < 1.29 is 0 Å². The van der Waals surface area contributed by atoms with Crippen LogP contribution in [0.2, 0.25) is 0 Å². The molecule has 0 spiro atoms. The molecular formula is C13H24. The average Bonchev–Trinajstić information content (AvgIpc) is 2.02. The van der Waals surface area contributed by atoms with E-state index in [1.807, 2.05) is 0 Å². The van der Waals surface area contributed by atoms with Gasteiger partial charge in [-0.05, 0) is 42.9 Å². The molecule has 2 fully saturated rings. The highest BCUT2D eigenvalue weighted by Gasteiger charge is 2.39. The third kappa shape index (κ3) is 1.78. The van der Waals surface area contributed by atoms with Crippen LogP contribution >= 0.6 is 0 Å². The third-order valence-electron chi connectivity index (χ3n) is 4.81. The van der Waals surface area contributed by atoms with Gasteiger partial charge >= 0.3 is 0 Å². The third-order valence-corrected chi connectivity index (χ3v) is 4.81. The fourth-order valence-corrected chi connectivity index (χ4v) is 3.33. The van der Waals surface area contributed by atoms with Crippen molar-refractivity contribution in [2.24, 2.45) is 17.3 Å². The minimum absolute atomic E-state index is 0.665. The molecule has 0 atom stereocenters. The van der Waals surface area contributed by atoms with Crippen molar-refractivity contribution in [3.8, 4) is 0 Å². The van der Waals surface area contributed by atoms with E-state index in [4.69, 9.17) is 0 Å². The fourth-order valence-electron chi connectivity index (χ4n) is 3.33. The molecule has 2 aliphatic rings. The Kier molecular flexibility index (Phi) is 2.67. The molecule has 0 nitrogen and oxygen atoms in total. The summed E-state index contributed by atoms with van der Waals surface area (Å²) in [4.78, 5) is 0. The number of hydrogen-bond donors (Lipinski definition) is 0. The SMILES string of the molecule is CC(C)(C1CCCCC1)C1CCC1. The Morgan fingerprint density at radius 2 is 1.15 bits per heavy atom. The largest absolute Gasteiger partial charge is 0.0594 e. The van der Waals surface area contributed by atoms with Crippen LogP contribution in [-0.4, -0.2) is 0 Å². The van der Waals surface area contributed by atoms with Crippen LogP contribution < -0.4 is 0 Å². The first kappa shape index (κ1) is 9.55. The molecule has 0 aromatic carbocycles. The number of rotatable bonds is 2. The van der Waals surface area contributed by atoms with Crippen LogP contribution in [0.3, 0.4) is 0 Å². The monoisotopic (exact) mass is 180 g/mol. The minimum atomic E-state index is 0.665. The Balaban J connectivity index is 1.94. The van der Waals surface area contributed by atoms with E-state index >= 15 is 0 Å². The van der Waals surface area contributed by atoms with Gasteiger partial charge in [0.25, 0.3) is 0 Å². The summed E-state index contributed by atoms with van der Waals surface area (Å²) in [6, 6.07) is 0. The normalized spacial score (nSPS) is 27.2. The van der Waals surface area contributed by atoms with Gasteiger partial charge in [-0.25, -0.2) is 0 Å². The van der Waals surface area contributed by atoms with Crippen molar-refractivity contribution in [3.05, 3.63) is 0 Å². The van der Waals surface area contributed by atoms with Crippen LogP contribution in [0.1, 0.15) is 65.2 Å².